The number of benzene rings is 4. The first-order chi connectivity index (χ1) is 20.0. The maximum absolute atomic E-state index is 13.7. The molecule has 0 N–H and O–H groups in total. The molecule has 7 heteroatoms. The number of halogens is 2. The maximum atomic E-state index is 13.7. The molecular formula is C34H21Cl2N3O2. The highest BCUT2D eigenvalue weighted by Gasteiger charge is 2.22. The summed E-state index contributed by atoms with van der Waals surface area (Å²) in [6.07, 6.45) is 1.94. The summed E-state index contributed by atoms with van der Waals surface area (Å²) in [5.41, 5.74) is 6.75. The Hall–Kier alpha value is -4.71. The molecule has 5 nitrogen and oxygen atoms in total. The minimum absolute atomic E-state index is 0.375. The first-order valence-corrected chi connectivity index (χ1v) is 13.8. The van der Waals surface area contributed by atoms with Crippen LogP contribution in [0.15, 0.2) is 119 Å². The molecule has 3 aromatic heterocycles. The number of nitrogens with zero attached hydrogens (tertiary/aromatic N) is 3. The average Bonchev–Trinajstić information content (AvgIpc) is 3.43. The van der Waals surface area contributed by atoms with Gasteiger partial charge in [0.1, 0.15) is 11.3 Å². The van der Waals surface area contributed by atoms with Gasteiger partial charge in [-0.05, 0) is 61.0 Å². The van der Waals surface area contributed by atoms with Crippen molar-refractivity contribution in [2.45, 2.75) is 6.92 Å². The molecule has 3 heterocycles. The molecule has 4 aromatic carbocycles. The Bertz CT molecular complexity index is 2150. The third kappa shape index (κ3) is 4.49. The molecule has 198 valence electrons. The summed E-state index contributed by atoms with van der Waals surface area (Å²) in [6, 6.07) is 32.7. The van der Waals surface area contributed by atoms with Crippen molar-refractivity contribution in [3.05, 3.63) is 135 Å². The Kier molecular flexibility index (Phi) is 6.19. The Balaban J connectivity index is 1.62. The second-order valence-electron chi connectivity index (χ2n) is 9.83. The zero-order valence-corrected chi connectivity index (χ0v) is 23.3. The van der Waals surface area contributed by atoms with Gasteiger partial charge in [0.2, 0.25) is 0 Å². The third-order valence-corrected chi connectivity index (χ3v) is 7.65. The van der Waals surface area contributed by atoms with Gasteiger partial charge in [-0.25, -0.2) is 14.5 Å². The first kappa shape index (κ1) is 25.3. The summed E-state index contributed by atoms with van der Waals surface area (Å²) in [6.45, 7) is 1.95. The second-order valence-corrected chi connectivity index (χ2v) is 10.7. The maximum Gasteiger partial charge on any atom is 0.346 e. The van der Waals surface area contributed by atoms with Gasteiger partial charge in [0.15, 0.2) is 0 Å². The highest BCUT2D eigenvalue weighted by molar-refractivity contribution is 6.36. The lowest BCUT2D eigenvalue weighted by atomic mass is 9.96. The molecule has 7 rings (SSSR count). The molecule has 0 saturated carbocycles. The number of aromatic nitrogens is 3. The number of para-hydroxylation sites is 1. The van der Waals surface area contributed by atoms with Gasteiger partial charge in [0.25, 0.3) is 0 Å². The van der Waals surface area contributed by atoms with Crippen LogP contribution in [0.4, 0.5) is 0 Å². The Morgan fingerprint density at radius 3 is 2.29 bits per heavy atom. The quantitative estimate of drug-likeness (QED) is 0.155. The highest BCUT2D eigenvalue weighted by Crippen LogP contribution is 2.40. The molecule has 0 aliphatic carbocycles. The summed E-state index contributed by atoms with van der Waals surface area (Å²) >= 11 is 12.9. The number of rotatable bonds is 4. The lowest BCUT2D eigenvalue weighted by Gasteiger charge is -2.12. The van der Waals surface area contributed by atoms with E-state index in [1.54, 1.807) is 12.1 Å². The van der Waals surface area contributed by atoms with Crippen LogP contribution in [-0.4, -0.2) is 14.8 Å². The summed E-state index contributed by atoms with van der Waals surface area (Å²) in [4.78, 5) is 18.7. The van der Waals surface area contributed by atoms with E-state index in [2.05, 4.69) is 0 Å². The van der Waals surface area contributed by atoms with Crippen LogP contribution in [0.2, 0.25) is 10.0 Å². The van der Waals surface area contributed by atoms with Crippen molar-refractivity contribution in [1.29, 1.82) is 0 Å². The Morgan fingerprint density at radius 1 is 0.780 bits per heavy atom. The third-order valence-electron chi connectivity index (χ3n) is 7.10. The van der Waals surface area contributed by atoms with E-state index >= 15 is 0 Å². The van der Waals surface area contributed by atoms with E-state index < -0.39 is 5.63 Å². The summed E-state index contributed by atoms with van der Waals surface area (Å²) in [7, 11) is 0. The lowest BCUT2D eigenvalue weighted by Crippen LogP contribution is -2.05. The molecule has 41 heavy (non-hydrogen) atoms. The number of hydrogen-bond donors (Lipinski definition) is 0. The molecule has 0 aliphatic heterocycles. The van der Waals surface area contributed by atoms with E-state index in [1.807, 2.05) is 109 Å². The molecule has 0 fully saturated rings. The standard InChI is InChI=1S/C34H21Cl2N3O2/c1-20-12-14-25-30(16-20)41-34(40)31-26(18-29(37-33(25)31)24-15-13-22(35)17-28(24)36)27-19-39(23-10-6-3-7-11-23)38-32(27)21-8-4-2-5-9-21/h2-19H,1H3. The average molecular weight is 574 g/mol. The van der Waals surface area contributed by atoms with Crippen LogP contribution in [0.5, 0.6) is 0 Å². The number of pyridine rings is 1. The molecule has 0 atom stereocenters. The Labute approximate surface area is 245 Å². The molecular weight excluding hydrogens is 553 g/mol. The summed E-state index contributed by atoms with van der Waals surface area (Å²) < 4.78 is 7.70. The van der Waals surface area contributed by atoms with Crippen LogP contribution in [0.3, 0.4) is 0 Å². The molecule has 0 saturated heterocycles. The Morgan fingerprint density at radius 2 is 1.54 bits per heavy atom. The van der Waals surface area contributed by atoms with Gasteiger partial charge in [-0.1, -0.05) is 77.8 Å². The van der Waals surface area contributed by atoms with Gasteiger partial charge in [-0.3, -0.25) is 0 Å². The minimum atomic E-state index is -0.471. The molecule has 7 aromatic rings. The predicted molar refractivity (Wildman–Crippen MR) is 166 cm³/mol. The molecule has 0 bridgehead atoms. The normalized spacial score (nSPS) is 11.4. The summed E-state index contributed by atoms with van der Waals surface area (Å²) in [5, 5.41) is 7.08. The predicted octanol–water partition coefficient (Wildman–Crippen LogP) is 9.14. The molecule has 0 aliphatic rings. The van der Waals surface area contributed by atoms with Crippen LogP contribution < -0.4 is 5.63 Å². The van der Waals surface area contributed by atoms with Gasteiger partial charge < -0.3 is 4.42 Å². The van der Waals surface area contributed by atoms with E-state index in [4.69, 9.17) is 37.7 Å². The zero-order valence-electron chi connectivity index (χ0n) is 21.8. The van der Waals surface area contributed by atoms with Crippen LogP contribution >= 0.6 is 23.2 Å². The SMILES string of the molecule is Cc1ccc2c(c1)oc(=O)c1c(-c3cn(-c4ccccc4)nc3-c3ccccc3)cc(-c3ccc(Cl)cc3Cl)nc12. The van der Waals surface area contributed by atoms with E-state index in [1.165, 1.54) is 0 Å². The second kappa shape index (κ2) is 10.0. The summed E-state index contributed by atoms with van der Waals surface area (Å²) in [5.74, 6) is 0. The van der Waals surface area contributed by atoms with Crippen molar-refractivity contribution in [3.8, 4) is 39.3 Å². The van der Waals surface area contributed by atoms with E-state index in [9.17, 15) is 4.79 Å². The topological polar surface area (TPSA) is 60.9 Å². The largest absolute Gasteiger partial charge is 0.422 e. The van der Waals surface area contributed by atoms with Gasteiger partial charge in [0, 0.05) is 38.9 Å². The van der Waals surface area contributed by atoms with Crippen molar-refractivity contribution in [2.75, 3.05) is 0 Å². The molecule has 0 amide bonds. The lowest BCUT2D eigenvalue weighted by molar-refractivity contribution is 0.569. The van der Waals surface area contributed by atoms with Gasteiger partial charge in [-0.2, -0.15) is 5.10 Å². The van der Waals surface area contributed by atoms with E-state index in [0.29, 0.717) is 43.4 Å². The molecule has 0 radical (unpaired) electrons. The van der Waals surface area contributed by atoms with E-state index in [-0.39, 0.29) is 0 Å². The zero-order chi connectivity index (χ0) is 28.1. The van der Waals surface area contributed by atoms with Gasteiger partial charge >= 0.3 is 5.63 Å². The highest BCUT2D eigenvalue weighted by atomic mass is 35.5. The molecule has 0 unspecified atom stereocenters. The van der Waals surface area contributed by atoms with Crippen molar-refractivity contribution < 1.29 is 4.42 Å². The number of hydrogen-bond acceptors (Lipinski definition) is 4. The van der Waals surface area contributed by atoms with Crippen LogP contribution in [0.1, 0.15) is 5.56 Å². The van der Waals surface area contributed by atoms with E-state index in [0.717, 1.165) is 33.5 Å². The number of fused-ring (bicyclic) bond motifs is 3. The van der Waals surface area contributed by atoms with Gasteiger partial charge in [-0.15, -0.1) is 0 Å². The fraction of sp³-hybridized carbons (Fsp3) is 0.0294. The minimum Gasteiger partial charge on any atom is -0.422 e. The monoisotopic (exact) mass is 573 g/mol. The van der Waals surface area contributed by atoms with Crippen LogP contribution in [-0.2, 0) is 0 Å². The molecule has 0 spiro atoms. The van der Waals surface area contributed by atoms with Crippen molar-refractivity contribution in [3.63, 3.8) is 0 Å². The van der Waals surface area contributed by atoms with Crippen molar-refractivity contribution in [1.82, 2.24) is 14.8 Å². The number of aryl methyl sites for hydroxylation is 1. The fourth-order valence-electron chi connectivity index (χ4n) is 5.15. The van der Waals surface area contributed by atoms with Crippen LogP contribution in [0, 0.1) is 6.92 Å². The van der Waals surface area contributed by atoms with Crippen molar-refractivity contribution in [2.24, 2.45) is 0 Å². The van der Waals surface area contributed by atoms with Crippen molar-refractivity contribution >= 4 is 45.1 Å². The fourth-order valence-corrected chi connectivity index (χ4v) is 5.65. The van der Waals surface area contributed by atoms with Gasteiger partial charge in [0.05, 0.1) is 27.3 Å². The smallest absolute Gasteiger partial charge is 0.346 e. The van der Waals surface area contributed by atoms with Crippen LogP contribution in [0.25, 0.3) is 61.2 Å². The first-order valence-electron chi connectivity index (χ1n) is 13.0.